The lowest BCUT2D eigenvalue weighted by atomic mass is 9.95. The molecule has 0 aliphatic carbocycles. The third-order valence-corrected chi connectivity index (χ3v) is 3.51. The Balaban J connectivity index is 2.69. The molecule has 0 saturated heterocycles. The summed E-state index contributed by atoms with van der Waals surface area (Å²) in [5, 5.41) is 0. The molecular weight excluding hydrogens is 220 g/mol. The van der Waals surface area contributed by atoms with Crippen molar-refractivity contribution in [1.82, 2.24) is 0 Å². The van der Waals surface area contributed by atoms with E-state index in [1.165, 1.54) is 11.0 Å². The number of carbonyl (C=O) groups excluding carboxylic acids is 1. The SMILES string of the molecule is CCOC(=O)/C=C/c1ccc(C(C)(C)C)s1. The Bertz CT molecular complexity index is 383. The van der Waals surface area contributed by atoms with Gasteiger partial charge in [-0.2, -0.15) is 0 Å². The van der Waals surface area contributed by atoms with Crippen LogP contribution < -0.4 is 0 Å². The summed E-state index contributed by atoms with van der Waals surface area (Å²) in [5.41, 5.74) is 0.167. The van der Waals surface area contributed by atoms with Gasteiger partial charge in [0.15, 0.2) is 0 Å². The number of hydrogen-bond donors (Lipinski definition) is 0. The highest BCUT2D eigenvalue weighted by Crippen LogP contribution is 2.29. The molecule has 0 amide bonds. The van der Waals surface area contributed by atoms with Crippen LogP contribution in [0.15, 0.2) is 18.2 Å². The monoisotopic (exact) mass is 238 g/mol. The third kappa shape index (κ3) is 3.81. The fourth-order valence-corrected chi connectivity index (χ4v) is 2.15. The maximum Gasteiger partial charge on any atom is 0.330 e. The first-order valence-corrected chi connectivity index (χ1v) is 6.20. The number of thiophene rings is 1. The summed E-state index contributed by atoms with van der Waals surface area (Å²) < 4.78 is 4.82. The van der Waals surface area contributed by atoms with Crippen LogP contribution in [0.1, 0.15) is 37.4 Å². The van der Waals surface area contributed by atoms with Crippen molar-refractivity contribution >= 4 is 23.4 Å². The second-order valence-electron chi connectivity index (χ2n) is 4.54. The number of ether oxygens (including phenoxy) is 1. The lowest BCUT2D eigenvalue weighted by molar-refractivity contribution is -0.137. The molecule has 1 aromatic rings. The normalized spacial score (nSPS) is 12.0. The van der Waals surface area contributed by atoms with E-state index < -0.39 is 0 Å². The van der Waals surface area contributed by atoms with Crippen molar-refractivity contribution in [2.75, 3.05) is 6.61 Å². The van der Waals surface area contributed by atoms with Crippen LogP contribution in [0.4, 0.5) is 0 Å². The Hall–Kier alpha value is -1.09. The van der Waals surface area contributed by atoms with Crippen LogP contribution in [-0.4, -0.2) is 12.6 Å². The van der Waals surface area contributed by atoms with Gasteiger partial charge >= 0.3 is 5.97 Å². The van der Waals surface area contributed by atoms with Gasteiger partial charge in [0.25, 0.3) is 0 Å². The Morgan fingerprint density at radius 1 is 1.44 bits per heavy atom. The predicted molar refractivity (Wildman–Crippen MR) is 68.7 cm³/mol. The van der Waals surface area contributed by atoms with Gasteiger partial charge < -0.3 is 4.74 Å². The van der Waals surface area contributed by atoms with E-state index in [0.717, 1.165) is 4.88 Å². The van der Waals surface area contributed by atoms with Gasteiger partial charge in [-0.15, -0.1) is 11.3 Å². The standard InChI is InChI=1S/C13H18O2S/c1-5-15-12(14)9-7-10-6-8-11(16-10)13(2,3)4/h6-9H,5H2,1-4H3/b9-7+. The van der Waals surface area contributed by atoms with E-state index in [4.69, 9.17) is 4.74 Å². The molecule has 0 aliphatic heterocycles. The van der Waals surface area contributed by atoms with Crippen LogP contribution in [0.25, 0.3) is 6.08 Å². The molecular formula is C13H18O2S. The molecule has 0 spiro atoms. The van der Waals surface area contributed by atoms with Gasteiger partial charge in [0, 0.05) is 15.8 Å². The first kappa shape index (κ1) is 13.0. The molecule has 0 saturated carbocycles. The molecule has 2 nitrogen and oxygen atoms in total. The van der Waals surface area contributed by atoms with Gasteiger partial charge in [-0.05, 0) is 30.5 Å². The quantitative estimate of drug-likeness (QED) is 0.594. The van der Waals surface area contributed by atoms with E-state index in [1.807, 2.05) is 6.07 Å². The van der Waals surface area contributed by atoms with Crippen molar-refractivity contribution in [3.63, 3.8) is 0 Å². The number of hydrogen-bond acceptors (Lipinski definition) is 3. The van der Waals surface area contributed by atoms with Gasteiger partial charge in [-0.3, -0.25) is 0 Å². The smallest absolute Gasteiger partial charge is 0.330 e. The number of esters is 1. The average Bonchev–Trinajstić information content (AvgIpc) is 2.63. The van der Waals surface area contributed by atoms with Crippen LogP contribution in [0.5, 0.6) is 0 Å². The molecule has 0 radical (unpaired) electrons. The Kier molecular flexibility index (Phi) is 4.30. The van der Waals surface area contributed by atoms with Crippen molar-refractivity contribution in [1.29, 1.82) is 0 Å². The van der Waals surface area contributed by atoms with E-state index in [2.05, 4.69) is 26.8 Å². The van der Waals surface area contributed by atoms with Crippen molar-refractivity contribution in [2.24, 2.45) is 0 Å². The fraction of sp³-hybridized carbons (Fsp3) is 0.462. The lowest BCUT2D eigenvalue weighted by Crippen LogP contribution is -2.07. The largest absolute Gasteiger partial charge is 0.463 e. The van der Waals surface area contributed by atoms with Gasteiger partial charge in [0.05, 0.1) is 6.61 Å². The van der Waals surface area contributed by atoms with Crippen LogP contribution in [0.2, 0.25) is 0 Å². The maximum atomic E-state index is 11.1. The number of carbonyl (C=O) groups is 1. The van der Waals surface area contributed by atoms with Gasteiger partial charge in [0.1, 0.15) is 0 Å². The summed E-state index contributed by atoms with van der Waals surface area (Å²) in [4.78, 5) is 13.5. The number of rotatable bonds is 3. The Morgan fingerprint density at radius 3 is 2.62 bits per heavy atom. The highest BCUT2D eigenvalue weighted by Gasteiger charge is 2.15. The van der Waals surface area contributed by atoms with E-state index in [1.54, 1.807) is 24.3 Å². The summed E-state index contributed by atoms with van der Waals surface area (Å²) in [6.45, 7) is 8.75. The highest BCUT2D eigenvalue weighted by atomic mass is 32.1. The minimum Gasteiger partial charge on any atom is -0.463 e. The summed E-state index contributed by atoms with van der Waals surface area (Å²) in [6, 6.07) is 4.14. The highest BCUT2D eigenvalue weighted by molar-refractivity contribution is 7.13. The Morgan fingerprint density at radius 2 is 2.12 bits per heavy atom. The minimum absolute atomic E-state index is 0.167. The zero-order valence-electron chi connectivity index (χ0n) is 10.2. The fourth-order valence-electron chi connectivity index (χ4n) is 1.19. The first-order chi connectivity index (χ1) is 7.43. The molecule has 16 heavy (non-hydrogen) atoms. The molecule has 0 aliphatic rings. The molecule has 0 unspecified atom stereocenters. The molecule has 1 aromatic heterocycles. The van der Waals surface area contributed by atoms with Crippen LogP contribution >= 0.6 is 11.3 Å². The summed E-state index contributed by atoms with van der Waals surface area (Å²) in [7, 11) is 0. The van der Waals surface area contributed by atoms with Gasteiger partial charge in [0.2, 0.25) is 0 Å². The first-order valence-electron chi connectivity index (χ1n) is 5.38. The van der Waals surface area contributed by atoms with Crippen molar-refractivity contribution < 1.29 is 9.53 Å². The molecule has 3 heteroatoms. The topological polar surface area (TPSA) is 26.3 Å². The molecule has 0 bridgehead atoms. The molecule has 0 N–H and O–H groups in total. The minimum atomic E-state index is -0.284. The van der Waals surface area contributed by atoms with Crippen LogP contribution in [0, 0.1) is 0 Å². The molecule has 1 rings (SSSR count). The van der Waals surface area contributed by atoms with Gasteiger partial charge in [-0.25, -0.2) is 4.79 Å². The summed E-state index contributed by atoms with van der Waals surface area (Å²) in [6.07, 6.45) is 3.28. The molecule has 1 heterocycles. The van der Waals surface area contributed by atoms with E-state index in [-0.39, 0.29) is 11.4 Å². The summed E-state index contributed by atoms with van der Waals surface area (Å²) >= 11 is 1.71. The molecule has 0 atom stereocenters. The predicted octanol–water partition coefficient (Wildman–Crippen LogP) is 3.62. The van der Waals surface area contributed by atoms with Gasteiger partial charge in [-0.1, -0.05) is 20.8 Å². The average molecular weight is 238 g/mol. The van der Waals surface area contributed by atoms with Crippen molar-refractivity contribution in [3.05, 3.63) is 28.0 Å². The van der Waals surface area contributed by atoms with Crippen LogP contribution in [-0.2, 0) is 14.9 Å². The second-order valence-corrected chi connectivity index (χ2v) is 5.65. The molecule has 88 valence electrons. The lowest BCUT2D eigenvalue weighted by Gasteiger charge is -2.15. The second kappa shape index (κ2) is 5.30. The van der Waals surface area contributed by atoms with Crippen LogP contribution in [0.3, 0.4) is 0 Å². The van der Waals surface area contributed by atoms with E-state index in [9.17, 15) is 4.79 Å². The maximum absolute atomic E-state index is 11.1. The van der Waals surface area contributed by atoms with Crippen molar-refractivity contribution in [3.8, 4) is 0 Å². The molecule has 0 aromatic carbocycles. The third-order valence-electron chi connectivity index (χ3n) is 2.04. The zero-order chi connectivity index (χ0) is 12.2. The Labute approximate surface area is 101 Å². The van der Waals surface area contributed by atoms with Crippen molar-refractivity contribution in [2.45, 2.75) is 33.1 Å². The van der Waals surface area contributed by atoms with E-state index in [0.29, 0.717) is 6.61 Å². The molecule has 0 fully saturated rings. The summed E-state index contributed by atoms with van der Waals surface area (Å²) in [5.74, 6) is -0.284. The zero-order valence-corrected chi connectivity index (χ0v) is 11.1. The van der Waals surface area contributed by atoms with E-state index >= 15 is 0 Å².